The molecule has 3 rings (SSSR count). The standard InChI is InChI=1S/C19H30N4OS/c1-12-13(2)23(15-10-8-7-9-11-15)18(20-12)25-14(3)16-21-17(22-24-16)19(4,5)6/h14-15H,7-11H2,1-6H3. The van der Waals surface area contributed by atoms with Crippen LogP contribution < -0.4 is 0 Å². The first-order valence-electron chi connectivity index (χ1n) is 9.33. The second kappa shape index (κ2) is 7.14. The summed E-state index contributed by atoms with van der Waals surface area (Å²) < 4.78 is 7.98. The summed E-state index contributed by atoms with van der Waals surface area (Å²) in [6.45, 7) is 12.7. The fourth-order valence-corrected chi connectivity index (χ4v) is 4.46. The zero-order valence-corrected chi connectivity index (χ0v) is 17.1. The van der Waals surface area contributed by atoms with Crippen molar-refractivity contribution in [3.63, 3.8) is 0 Å². The first-order chi connectivity index (χ1) is 11.8. The molecule has 0 aliphatic heterocycles. The minimum absolute atomic E-state index is 0.0899. The Kier molecular flexibility index (Phi) is 5.28. The van der Waals surface area contributed by atoms with Crippen LogP contribution in [-0.4, -0.2) is 19.7 Å². The zero-order chi connectivity index (χ0) is 18.2. The number of hydrogen-bond donors (Lipinski definition) is 0. The van der Waals surface area contributed by atoms with Crippen molar-refractivity contribution in [2.24, 2.45) is 0 Å². The van der Waals surface area contributed by atoms with Gasteiger partial charge in [-0.15, -0.1) is 0 Å². The second-order valence-corrected chi connectivity index (χ2v) is 9.50. The third kappa shape index (κ3) is 3.94. The molecule has 0 spiro atoms. The van der Waals surface area contributed by atoms with Gasteiger partial charge in [0.1, 0.15) is 0 Å². The first kappa shape index (κ1) is 18.5. The lowest BCUT2D eigenvalue weighted by molar-refractivity contribution is 0.331. The molecular formula is C19H30N4OS. The van der Waals surface area contributed by atoms with Gasteiger partial charge in [-0.2, -0.15) is 4.98 Å². The van der Waals surface area contributed by atoms with Crippen LogP contribution in [0.15, 0.2) is 9.68 Å². The van der Waals surface area contributed by atoms with Crippen molar-refractivity contribution in [2.45, 2.75) is 95.5 Å². The van der Waals surface area contributed by atoms with E-state index in [1.165, 1.54) is 37.8 Å². The summed E-state index contributed by atoms with van der Waals surface area (Å²) in [5, 5.41) is 5.34. The molecule has 2 aromatic rings. The summed E-state index contributed by atoms with van der Waals surface area (Å²) in [5.41, 5.74) is 2.32. The normalized spacial score (nSPS) is 17.8. The molecule has 0 radical (unpaired) electrons. The number of imidazole rings is 1. The molecule has 138 valence electrons. The highest BCUT2D eigenvalue weighted by molar-refractivity contribution is 7.99. The van der Waals surface area contributed by atoms with Gasteiger partial charge in [-0.05, 0) is 33.6 Å². The Bertz CT molecular complexity index is 722. The lowest BCUT2D eigenvalue weighted by Crippen LogP contribution is -2.15. The lowest BCUT2D eigenvalue weighted by atomic mass is 9.95. The predicted molar refractivity (Wildman–Crippen MR) is 101 cm³/mol. The average molecular weight is 363 g/mol. The second-order valence-electron chi connectivity index (χ2n) is 8.19. The number of nitrogens with zero attached hydrogens (tertiary/aromatic N) is 4. The highest BCUT2D eigenvalue weighted by Gasteiger charge is 2.27. The minimum Gasteiger partial charge on any atom is -0.338 e. The quantitative estimate of drug-likeness (QED) is 0.668. The summed E-state index contributed by atoms with van der Waals surface area (Å²) in [6, 6.07) is 0.581. The van der Waals surface area contributed by atoms with Crippen LogP contribution in [0.25, 0.3) is 0 Å². The van der Waals surface area contributed by atoms with Gasteiger partial charge in [0, 0.05) is 17.2 Å². The zero-order valence-electron chi connectivity index (χ0n) is 16.3. The molecular weight excluding hydrogens is 332 g/mol. The molecule has 2 aromatic heterocycles. The fraction of sp³-hybridized carbons (Fsp3) is 0.737. The van der Waals surface area contributed by atoms with E-state index in [2.05, 4.69) is 56.3 Å². The molecule has 2 heterocycles. The molecule has 1 atom stereocenters. The molecule has 6 heteroatoms. The van der Waals surface area contributed by atoms with Crippen molar-refractivity contribution < 1.29 is 4.52 Å². The maximum atomic E-state index is 5.53. The Morgan fingerprint density at radius 3 is 2.40 bits per heavy atom. The van der Waals surface area contributed by atoms with Crippen LogP contribution in [0.1, 0.15) is 94.2 Å². The Labute approximate surface area is 155 Å². The molecule has 5 nitrogen and oxygen atoms in total. The monoisotopic (exact) mass is 362 g/mol. The third-order valence-corrected chi connectivity index (χ3v) is 6.09. The molecule has 1 saturated carbocycles. The summed E-state index contributed by atoms with van der Waals surface area (Å²) in [7, 11) is 0. The maximum absolute atomic E-state index is 5.53. The summed E-state index contributed by atoms with van der Waals surface area (Å²) in [4.78, 5) is 9.46. The van der Waals surface area contributed by atoms with Gasteiger partial charge in [-0.1, -0.05) is 57.0 Å². The Morgan fingerprint density at radius 2 is 1.80 bits per heavy atom. The first-order valence-corrected chi connectivity index (χ1v) is 10.2. The van der Waals surface area contributed by atoms with Gasteiger partial charge in [0.2, 0.25) is 5.89 Å². The van der Waals surface area contributed by atoms with E-state index in [4.69, 9.17) is 9.51 Å². The van der Waals surface area contributed by atoms with Crippen molar-refractivity contribution in [3.05, 3.63) is 23.1 Å². The molecule has 0 amide bonds. The van der Waals surface area contributed by atoms with Crippen LogP contribution in [-0.2, 0) is 5.41 Å². The topological polar surface area (TPSA) is 56.7 Å². The average Bonchev–Trinajstić information content (AvgIpc) is 3.14. The molecule has 25 heavy (non-hydrogen) atoms. The molecule has 1 fully saturated rings. The van der Waals surface area contributed by atoms with Gasteiger partial charge in [-0.25, -0.2) is 4.98 Å². The largest absolute Gasteiger partial charge is 0.338 e. The summed E-state index contributed by atoms with van der Waals surface area (Å²) in [5.74, 6) is 1.45. The van der Waals surface area contributed by atoms with Gasteiger partial charge >= 0.3 is 0 Å². The van der Waals surface area contributed by atoms with Gasteiger partial charge in [0.15, 0.2) is 11.0 Å². The number of rotatable bonds is 4. The van der Waals surface area contributed by atoms with Gasteiger partial charge in [0.05, 0.1) is 10.9 Å². The molecule has 0 aromatic carbocycles. The van der Waals surface area contributed by atoms with E-state index in [-0.39, 0.29) is 10.7 Å². The van der Waals surface area contributed by atoms with Crippen molar-refractivity contribution in [1.29, 1.82) is 0 Å². The van der Waals surface area contributed by atoms with Crippen molar-refractivity contribution >= 4 is 11.8 Å². The Morgan fingerprint density at radius 1 is 1.12 bits per heavy atom. The molecule has 0 saturated heterocycles. The van der Waals surface area contributed by atoms with Gasteiger partial charge in [-0.3, -0.25) is 0 Å². The molecule has 1 aliphatic carbocycles. The molecule has 1 unspecified atom stereocenters. The van der Waals surface area contributed by atoms with Crippen LogP contribution in [0.2, 0.25) is 0 Å². The van der Waals surface area contributed by atoms with E-state index < -0.39 is 0 Å². The Hall–Kier alpha value is -1.30. The van der Waals surface area contributed by atoms with E-state index in [0.29, 0.717) is 11.9 Å². The van der Waals surface area contributed by atoms with Gasteiger partial charge < -0.3 is 9.09 Å². The lowest BCUT2D eigenvalue weighted by Gasteiger charge is -2.26. The highest BCUT2D eigenvalue weighted by atomic mass is 32.2. The van der Waals surface area contributed by atoms with E-state index in [0.717, 1.165) is 16.7 Å². The van der Waals surface area contributed by atoms with Crippen molar-refractivity contribution in [3.8, 4) is 0 Å². The van der Waals surface area contributed by atoms with E-state index in [9.17, 15) is 0 Å². The smallest absolute Gasteiger partial charge is 0.239 e. The molecule has 0 bridgehead atoms. The van der Waals surface area contributed by atoms with Crippen LogP contribution >= 0.6 is 11.8 Å². The fourth-order valence-electron chi connectivity index (χ4n) is 3.36. The maximum Gasteiger partial charge on any atom is 0.239 e. The molecule has 0 N–H and O–H groups in total. The summed E-state index contributed by atoms with van der Waals surface area (Å²) in [6.07, 6.45) is 6.51. The number of aryl methyl sites for hydroxylation is 1. The summed E-state index contributed by atoms with van der Waals surface area (Å²) >= 11 is 1.73. The van der Waals surface area contributed by atoms with Crippen molar-refractivity contribution in [1.82, 2.24) is 19.7 Å². The van der Waals surface area contributed by atoms with E-state index in [1.54, 1.807) is 11.8 Å². The van der Waals surface area contributed by atoms with Crippen LogP contribution in [0.4, 0.5) is 0 Å². The van der Waals surface area contributed by atoms with Gasteiger partial charge in [0.25, 0.3) is 0 Å². The number of aromatic nitrogens is 4. The number of hydrogen-bond acceptors (Lipinski definition) is 5. The van der Waals surface area contributed by atoms with Crippen LogP contribution in [0.5, 0.6) is 0 Å². The van der Waals surface area contributed by atoms with E-state index in [1.807, 2.05) is 0 Å². The third-order valence-electron chi connectivity index (χ3n) is 5.04. The minimum atomic E-state index is -0.0973. The highest BCUT2D eigenvalue weighted by Crippen LogP contribution is 2.39. The van der Waals surface area contributed by atoms with Crippen molar-refractivity contribution in [2.75, 3.05) is 0 Å². The Balaban J connectivity index is 1.82. The van der Waals surface area contributed by atoms with Crippen LogP contribution in [0.3, 0.4) is 0 Å². The predicted octanol–water partition coefficient (Wildman–Crippen LogP) is 5.54. The van der Waals surface area contributed by atoms with E-state index >= 15 is 0 Å². The SMILES string of the molecule is Cc1nc(SC(C)c2nc(C(C)(C)C)no2)n(C2CCCCC2)c1C. The number of thioether (sulfide) groups is 1. The molecule has 1 aliphatic rings. The van der Waals surface area contributed by atoms with Crippen LogP contribution in [0, 0.1) is 13.8 Å².